The largest absolute Gasteiger partial charge is 0.462 e. The molecule has 7 heteroatoms. The zero-order valence-electron chi connectivity index (χ0n) is 16.5. The maximum Gasteiger partial charge on any atom is 0.338 e. The Morgan fingerprint density at radius 2 is 1.73 bits per heavy atom. The average Bonchev–Trinajstić information content (AvgIpc) is 3.21. The predicted octanol–water partition coefficient (Wildman–Crippen LogP) is 4.77. The van der Waals surface area contributed by atoms with Crippen molar-refractivity contribution in [3.05, 3.63) is 82.5 Å². The number of aryl methyl sites for hydroxylation is 1. The number of sulfone groups is 1. The molecule has 0 atom stereocenters. The quantitative estimate of drug-likeness (QED) is 0.420. The molecule has 0 aliphatic carbocycles. The number of nitriles is 1. The van der Waals surface area contributed by atoms with E-state index in [-0.39, 0.29) is 10.7 Å². The Morgan fingerprint density at radius 1 is 1.07 bits per heavy atom. The van der Waals surface area contributed by atoms with Crippen LogP contribution in [0.4, 0.5) is 0 Å². The number of nitrogens with zero attached hydrogens (tertiary/aromatic N) is 1. The summed E-state index contributed by atoms with van der Waals surface area (Å²) in [4.78, 5) is 11.4. The van der Waals surface area contributed by atoms with Crippen LogP contribution in [-0.2, 0) is 14.6 Å². The van der Waals surface area contributed by atoms with Gasteiger partial charge >= 0.3 is 5.97 Å². The van der Waals surface area contributed by atoms with Crippen LogP contribution in [0.15, 0.2) is 74.9 Å². The van der Waals surface area contributed by atoms with E-state index >= 15 is 0 Å². The molecule has 0 saturated carbocycles. The molecule has 3 aromatic rings. The number of benzene rings is 2. The second kappa shape index (κ2) is 8.80. The molecular weight excluding hydrogens is 402 g/mol. The van der Waals surface area contributed by atoms with Crippen molar-refractivity contribution in [1.29, 1.82) is 5.26 Å². The molecule has 0 fully saturated rings. The van der Waals surface area contributed by atoms with Gasteiger partial charge in [-0.1, -0.05) is 29.8 Å². The van der Waals surface area contributed by atoms with E-state index in [4.69, 9.17) is 9.15 Å². The fourth-order valence-corrected chi connectivity index (χ4v) is 3.85. The van der Waals surface area contributed by atoms with Crippen molar-refractivity contribution in [3.63, 3.8) is 0 Å². The molecule has 30 heavy (non-hydrogen) atoms. The van der Waals surface area contributed by atoms with Crippen LogP contribution in [0.25, 0.3) is 17.4 Å². The molecule has 0 saturated heterocycles. The highest BCUT2D eigenvalue weighted by molar-refractivity contribution is 7.95. The third-order valence-electron chi connectivity index (χ3n) is 4.31. The van der Waals surface area contributed by atoms with Gasteiger partial charge in [0, 0.05) is 11.6 Å². The van der Waals surface area contributed by atoms with Crippen molar-refractivity contribution in [2.45, 2.75) is 18.7 Å². The molecule has 0 N–H and O–H groups in total. The average molecular weight is 421 g/mol. The molecule has 0 unspecified atom stereocenters. The highest BCUT2D eigenvalue weighted by Gasteiger charge is 2.21. The van der Waals surface area contributed by atoms with Gasteiger partial charge in [0.05, 0.1) is 17.1 Å². The van der Waals surface area contributed by atoms with E-state index in [0.29, 0.717) is 23.5 Å². The van der Waals surface area contributed by atoms with Crippen molar-refractivity contribution in [2.75, 3.05) is 6.61 Å². The minimum atomic E-state index is -3.95. The predicted molar refractivity (Wildman–Crippen MR) is 112 cm³/mol. The summed E-state index contributed by atoms with van der Waals surface area (Å²) >= 11 is 0. The lowest BCUT2D eigenvalue weighted by Gasteiger charge is -2.03. The van der Waals surface area contributed by atoms with Crippen LogP contribution in [0.1, 0.15) is 28.6 Å². The Morgan fingerprint density at radius 3 is 2.33 bits per heavy atom. The lowest BCUT2D eigenvalue weighted by atomic mass is 10.1. The van der Waals surface area contributed by atoms with Gasteiger partial charge in [-0.25, -0.2) is 13.2 Å². The summed E-state index contributed by atoms with van der Waals surface area (Å²) in [5.41, 5.74) is 2.03. The standard InChI is InChI=1S/C23H19NO5S/c1-3-28-23(25)18-8-6-17(7-9-18)22-13-10-19(29-22)14-21(15-24)30(26,27)20-11-4-16(2)5-12-20/h4-14H,3H2,1-2H3/b21-14+. The number of furan rings is 1. The molecule has 1 heterocycles. The Balaban J connectivity index is 1.87. The fourth-order valence-electron chi connectivity index (χ4n) is 2.71. The lowest BCUT2D eigenvalue weighted by Crippen LogP contribution is -2.03. The highest BCUT2D eigenvalue weighted by Crippen LogP contribution is 2.26. The van der Waals surface area contributed by atoms with Crippen molar-refractivity contribution in [2.24, 2.45) is 0 Å². The molecule has 0 bridgehead atoms. The van der Waals surface area contributed by atoms with Gasteiger partial charge in [-0.3, -0.25) is 0 Å². The van der Waals surface area contributed by atoms with Crippen LogP contribution in [0, 0.1) is 18.3 Å². The zero-order valence-corrected chi connectivity index (χ0v) is 17.3. The fraction of sp³-hybridized carbons (Fsp3) is 0.130. The summed E-state index contributed by atoms with van der Waals surface area (Å²) in [7, 11) is -3.95. The molecule has 0 amide bonds. The van der Waals surface area contributed by atoms with E-state index < -0.39 is 20.7 Å². The molecule has 152 valence electrons. The number of carbonyl (C=O) groups is 1. The first-order valence-electron chi connectivity index (χ1n) is 9.16. The summed E-state index contributed by atoms with van der Waals surface area (Å²) < 4.78 is 36.1. The maximum absolute atomic E-state index is 12.7. The van der Waals surface area contributed by atoms with Crippen molar-refractivity contribution < 1.29 is 22.4 Å². The van der Waals surface area contributed by atoms with E-state index in [9.17, 15) is 18.5 Å². The first kappa shape index (κ1) is 21.1. The van der Waals surface area contributed by atoms with Crippen LogP contribution in [0.5, 0.6) is 0 Å². The number of allylic oxidation sites excluding steroid dienone is 1. The second-order valence-corrected chi connectivity index (χ2v) is 8.35. The van der Waals surface area contributed by atoms with Crippen LogP contribution in [0.2, 0.25) is 0 Å². The topological polar surface area (TPSA) is 97.4 Å². The number of esters is 1. The van der Waals surface area contributed by atoms with Crippen LogP contribution in [-0.4, -0.2) is 21.0 Å². The molecule has 0 spiro atoms. The summed E-state index contributed by atoms with van der Waals surface area (Å²) in [6.07, 6.45) is 1.20. The van der Waals surface area contributed by atoms with Crippen LogP contribution in [0.3, 0.4) is 0 Å². The molecule has 0 aliphatic heterocycles. The summed E-state index contributed by atoms with van der Waals surface area (Å²) in [6.45, 7) is 3.88. The first-order valence-corrected chi connectivity index (χ1v) is 10.6. The van der Waals surface area contributed by atoms with E-state index in [1.165, 1.54) is 18.2 Å². The van der Waals surface area contributed by atoms with E-state index in [2.05, 4.69) is 0 Å². The minimum Gasteiger partial charge on any atom is -0.462 e. The van der Waals surface area contributed by atoms with Gasteiger partial charge in [-0.2, -0.15) is 5.26 Å². The van der Waals surface area contributed by atoms with E-state index in [1.807, 2.05) is 6.92 Å². The third kappa shape index (κ3) is 4.50. The Kier molecular flexibility index (Phi) is 6.19. The number of hydrogen-bond donors (Lipinski definition) is 0. The second-order valence-electron chi connectivity index (χ2n) is 6.44. The number of hydrogen-bond acceptors (Lipinski definition) is 6. The molecule has 6 nitrogen and oxygen atoms in total. The summed E-state index contributed by atoms with van der Waals surface area (Å²) in [5.74, 6) is 0.292. The highest BCUT2D eigenvalue weighted by atomic mass is 32.2. The van der Waals surface area contributed by atoms with Crippen LogP contribution < -0.4 is 0 Å². The van der Waals surface area contributed by atoms with Crippen molar-refractivity contribution in [3.8, 4) is 17.4 Å². The van der Waals surface area contributed by atoms with Gasteiger partial charge in [0.1, 0.15) is 17.6 Å². The van der Waals surface area contributed by atoms with Crippen LogP contribution >= 0.6 is 0 Å². The number of carbonyl (C=O) groups excluding carboxylic acids is 1. The minimum absolute atomic E-state index is 0.0437. The van der Waals surface area contributed by atoms with Gasteiger partial charge in [0.15, 0.2) is 4.91 Å². The smallest absolute Gasteiger partial charge is 0.338 e. The molecule has 1 aromatic heterocycles. The molecule has 2 aromatic carbocycles. The van der Waals surface area contributed by atoms with Gasteiger partial charge in [-0.05, 0) is 50.2 Å². The van der Waals surface area contributed by atoms with Gasteiger partial charge in [-0.15, -0.1) is 0 Å². The number of ether oxygens (including phenoxy) is 1. The molecule has 0 aliphatic rings. The van der Waals surface area contributed by atoms with E-state index in [0.717, 1.165) is 5.56 Å². The van der Waals surface area contributed by atoms with Gasteiger partial charge in [0.25, 0.3) is 0 Å². The molecular formula is C23H19NO5S. The summed E-state index contributed by atoms with van der Waals surface area (Å²) in [6, 6.07) is 17.9. The number of rotatable bonds is 6. The monoisotopic (exact) mass is 421 g/mol. The Hall–Kier alpha value is -3.63. The Labute approximate surface area is 174 Å². The van der Waals surface area contributed by atoms with Gasteiger partial charge in [0.2, 0.25) is 9.84 Å². The van der Waals surface area contributed by atoms with E-state index in [1.54, 1.807) is 61.5 Å². The maximum atomic E-state index is 12.7. The third-order valence-corrected chi connectivity index (χ3v) is 5.99. The van der Waals surface area contributed by atoms with Crippen molar-refractivity contribution >= 4 is 21.9 Å². The van der Waals surface area contributed by atoms with Crippen molar-refractivity contribution in [1.82, 2.24) is 0 Å². The first-order chi connectivity index (χ1) is 14.3. The normalized spacial score (nSPS) is 11.7. The zero-order chi connectivity index (χ0) is 21.7. The SMILES string of the molecule is CCOC(=O)c1ccc(-c2ccc(/C=C(\C#N)S(=O)(=O)c3ccc(C)cc3)o2)cc1. The summed E-state index contributed by atoms with van der Waals surface area (Å²) in [5, 5.41) is 9.41. The van der Waals surface area contributed by atoms with Gasteiger partial charge < -0.3 is 9.15 Å². The lowest BCUT2D eigenvalue weighted by molar-refractivity contribution is 0.0526. The molecule has 0 radical (unpaired) electrons. The Bertz CT molecular complexity index is 1230. The molecule has 3 rings (SSSR count).